The van der Waals surface area contributed by atoms with Crippen molar-refractivity contribution in [3.05, 3.63) is 88.4 Å². The first-order chi connectivity index (χ1) is 14.7. The summed E-state index contributed by atoms with van der Waals surface area (Å²) in [5.41, 5.74) is 3.42. The SMILES string of the molecule is C=CCOC(=O)c1ccc(N=Nc2c(C)[nH]n(-c3ccc(C(C)(C)C)cc3)c2=O)cc1. The zero-order chi connectivity index (χ0) is 22.6. The average Bonchev–Trinajstić information content (AvgIpc) is 3.03. The number of carbonyl (C=O) groups excluding carboxylic acids is 1. The number of nitrogens with zero attached hydrogens (tertiary/aromatic N) is 3. The van der Waals surface area contributed by atoms with Gasteiger partial charge in [0.1, 0.15) is 6.61 Å². The Labute approximate surface area is 181 Å². The first kappa shape index (κ1) is 22.0. The molecular formula is C24H26N4O3. The molecule has 1 heterocycles. The van der Waals surface area contributed by atoms with Crippen molar-refractivity contribution in [2.75, 3.05) is 6.61 Å². The molecule has 0 radical (unpaired) electrons. The number of aryl methyl sites for hydroxylation is 1. The fourth-order valence-electron chi connectivity index (χ4n) is 2.94. The number of hydrogen-bond donors (Lipinski definition) is 1. The van der Waals surface area contributed by atoms with Crippen molar-refractivity contribution in [1.82, 2.24) is 9.78 Å². The van der Waals surface area contributed by atoms with E-state index in [0.717, 1.165) is 5.69 Å². The Bertz CT molecular complexity index is 1160. The highest BCUT2D eigenvalue weighted by atomic mass is 16.5. The van der Waals surface area contributed by atoms with Crippen molar-refractivity contribution in [2.45, 2.75) is 33.1 Å². The van der Waals surface area contributed by atoms with Gasteiger partial charge in [-0.15, -0.1) is 5.11 Å². The number of nitrogens with one attached hydrogen (secondary N) is 1. The lowest BCUT2D eigenvalue weighted by atomic mass is 9.87. The van der Waals surface area contributed by atoms with Crippen molar-refractivity contribution in [3.63, 3.8) is 0 Å². The minimum Gasteiger partial charge on any atom is -0.458 e. The fraction of sp³-hybridized carbons (Fsp3) is 0.250. The number of hydrogen-bond acceptors (Lipinski definition) is 5. The van der Waals surface area contributed by atoms with Crippen LogP contribution in [0.15, 0.2) is 76.2 Å². The molecular weight excluding hydrogens is 392 g/mol. The number of H-pyrrole nitrogens is 1. The Kier molecular flexibility index (Phi) is 6.34. The molecule has 0 amide bonds. The molecule has 3 aromatic rings. The van der Waals surface area contributed by atoms with E-state index in [0.29, 0.717) is 16.9 Å². The molecule has 7 nitrogen and oxygen atoms in total. The van der Waals surface area contributed by atoms with Gasteiger partial charge in [0.15, 0.2) is 5.69 Å². The third kappa shape index (κ3) is 5.06. The highest BCUT2D eigenvalue weighted by molar-refractivity contribution is 5.89. The minimum absolute atomic E-state index is 0.0342. The second-order valence-corrected chi connectivity index (χ2v) is 8.16. The molecule has 1 aromatic heterocycles. The van der Waals surface area contributed by atoms with Crippen LogP contribution < -0.4 is 5.56 Å². The van der Waals surface area contributed by atoms with E-state index in [1.165, 1.54) is 16.3 Å². The summed E-state index contributed by atoms with van der Waals surface area (Å²) in [6.07, 6.45) is 1.51. The van der Waals surface area contributed by atoms with Crippen LogP contribution in [0.1, 0.15) is 42.4 Å². The number of aromatic nitrogens is 2. The lowest BCUT2D eigenvalue weighted by Crippen LogP contribution is -2.15. The van der Waals surface area contributed by atoms with Crippen molar-refractivity contribution in [1.29, 1.82) is 0 Å². The molecule has 3 rings (SSSR count). The second kappa shape index (κ2) is 8.95. The van der Waals surface area contributed by atoms with Gasteiger partial charge in [0, 0.05) is 0 Å². The summed E-state index contributed by atoms with van der Waals surface area (Å²) >= 11 is 0. The Morgan fingerprint density at radius 1 is 1.10 bits per heavy atom. The van der Waals surface area contributed by atoms with Crippen LogP contribution in [0.25, 0.3) is 5.69 Å². The van der Waals surface area contributed by atoms with Gasteiger partial charge in [0.2, 0.25) is 0 Å². The Hall–Kier alpha value is -3.74. The average molecular weight is 418 g/mol. The molecule has 1 N–H and O–H groups in total. The summed E-state index contributed by atoms with van der Waals surface area (Å²) in [6.45, 7) is 11.9. The summed E-state index contributed by atoms with van der Waals surface area (Å²) in [4.78, 5) is 24.7. The lowest BCUT2D eigenvalue weighted by Gasteiger charge is -2.19. The van der Waals surface area contributed by atoms with Gasteiger partial charge in [0.25, 0.3) is 5.56 Å². The monoisotopic (exact) mass is 418 g/mol. The third-order valence-electron chi connectivity index (χ3n) is 4.73. The van der Waals surface area contributed by atoms with E-state index in [1.54, 1.807) is 31.2 Å². The van der Waals surface area contributed by atoms with Gasteiger partial charge in [-0.3, -0.25) is 9.89 Å². The van der Waals surface area contributed by atoms with Crippen molar-refractivity contribution in [3.8, 4) is 5.69 Å². The molecule has 31 heavy (non-hydrogen) atoms. The van der Waals surface area contributed by atoms with E-state index >= 15 is 0 Å². The van der Waals surface area contributed by atoms with Crippen molar-refractivity contribution >= 4 is 17.3 Å². The normalized spacial score (nSPS) is 11.6. The molecule has 0 atom stereocenters. The van der Waals surface area contributed by atoms with E-state index in [2.05, 4.69) is 42.7 Å². The predicted molar refractivity (Wildman–Crippen MR) is 121 cm³/mol. The van der Waals surface area contributed by atoms with Crippen LogP contribution in [0.2, 0.25) is 0 Å². The molecule has 0 aliphatic rings. The molecule has 0 aliphatic carbocycles. The van der Waals surface area contributed by atoms with E-state index < -0.39 is 5.97 Å². The maximum Gasteiger partial charge on any atom is 0.338 e. The molecule has 0 saturated carbocycles. The predicted octanol–water partition coefficient (Wildman–Crippen LogP) is 5.53. The summed E-state index contributed by atoms with van der Waals surface area (Å²) in [7, 11) is 0. The maximum absolute atomic E-state index is 12.8. The van der Waals surface area contributed by atoms with E-state index in [-0.39, 0.29) is 23.3 Å². The number of carbonyl (C=O) groups is 1. The number of rotatable bonds is 6. The quantitative estimate of drug-likeness (QED) is 0.324. The van der Waals surface area contributed by atoms with E-state index in [9.17, 15) is 9.59 Å². The van der Waals surface area contributed by atoms with Crippen LogP contribution >= 0.6 is 0 Å². The summed E-state index contributed by atoms with van der Waals surface area (Å²) in [6, 6.07) is 14.3. The number of aromatic amines is 1. The summed E-state index contributed by atoms with van der Waals surface area (Å²) in [5, 5.41) is 11.3. The van der Waals surface area contributed by atoms with Crippen molar-refractivity contribution in [2.24, 2.45) is 10.2 Å². The van der Waals surface area contributed by atoms with Gasteiger partial charge in [0.05, 0.1) is 22.6 Å². The Balaban J connectivity index is 1.81. The first-order valence-electron chi connectivity index (χ1n) is 9.93. The molecule has 0 bridgehead atoms. The maximum atomic E-state index is 12.8. The lowest BCUT2D eigenvalue weighted by molar-refractivity contribution is 0.0550. The molecule has 0 spiro atoms. The van der Waals surface area contributed by atoms with Gasteiger partial charge >= 0.3 is 5.97 Å². The van der Waals surface area contributed by atoms with Crippen LogP contribution in [-0.4, -0.2) is 22.4 Å². The molecule has 160 valence electrons. The number of azo groups is 1. The van der Waals surface area contributed by atoms with Crippen LogP contribution in [-0.2, 0) is 10.2 Å². The Morgan fingerprint density at radius 3 is 2.32 bits per heavy atom. The molecule has 0 aliphatic heterocycles. The van der Waals surface area contributed by atoms with Crippen LogP contribution in [0.4, 0.5) is 11.4 Å². The molecule has 2 aromatic carbocycles. The molecule has 0 fully saturated rings. The fourth-order valence-corrected chi connectivity index (χ4v) is 2.94. The van der Waals surface area contributed by atoms with Gasteiger partial charge in [-0.05, 0) is 54.3 Å². The Morgan fingerprint density at radius 2 is 1.74 bits per heavy atom. The minimum atomic E-state index is -0.440. The van der Waals surface area contributed by atoms with Gasteiger partial charge in [-0.25, -0.2) is 9.48 Å². The largest absolute Gasteiger partial charge is 0.458 e. The third-order valence-corrected chi connectivity index (χ3v) is 4.73. The standard InChI is InChI=1S/C24H26N4O3/c1-6-15-31-23(30)17-7-11-19(12-8-17)25-26-21-16(2)27-28(22(21)29)20-13-9-18(10-14-20)24(3,4)5/h6-14,27H,1,15H2,2-5H3. The van der Waals surface area contributed by atoms with Gasteiger partial charge in [-0.1, -0.05) is 45.6 Å². The van der Waals surface area contributed by atoms with E-state index in [4.69, 9.17) is 4.74 Å². The van der Waals surface area contributed by atoms with Crippen LogP contribution in [0, 0.1) is 6.92 Å². The van der Waals surface area contributed by atoms with Gasteiger partial charge in [-0.2, -0.15) is 5.11 Å². The zero-order valence-corrected chi connectivity index (χ0v) is 18.2. The molecule has 0 unspecified atom stereocenters. The molecule has 7 heteroatoms. The highest BCUT2D eigenvalue weighted by Crippen LogP contribution is 2.24. The van der Waals surface area contributed by atoms with Crippen LogP contribution in [0.5, 0.6) is 0 Å². The highest BCUT2D eigenvalue weighted by Gasteiger charge is 2.15. The topological polar surface area (TPSA) is 88.8 Å². The first-order valence-corrected chi connectivity index (χ1v) is 9.93. The second-order valence-electron chi connectivity index (χ2n) is 8.16. The van der Waals surface area contributed by atoms with E-state index in [1.807, 2.05) is 24.3 Å². The summed E-state index contributed by atoms with van der Waals surface area (Å²) in [5.74, 6) is -0.440. The number of esters is 1. The number of benzene rings is 2. The van der Waals surface area contributed by atoms with Crippen molar-refractivity contribution < 1.29 is 9.53 Å². The zero-order valence-electron chi connectivity index (χ0n) is 18.2. The molecule has 0 saturated heterocycles. The van der Waals surface area contributed by atoms with Crippen LogP contribution in [0.3, 0.4) is 0 Å². The number of ether oxygens (including phenoxy) is 1. The van der Waals surface area contributed by atoms with Gasteiger partial charge < -0.3 is 4.74 Å². The summed E-state index contributed by atoms with van der Waals surface area (Å²) < 4.78 is 6.44. The smallest absolute Gasteiger partial charge is 0.338 e.